The highest BCUT2D eigenvalue weighted by molar-refractivity contribution is 5.94. The third-order valence-electron chi connectivity index (χ3n) is 3.22. The Labute approximate surface area is 95.7 Å². The molecule has 3 nitrogen and oxygen atoms in total. The molecule has 2 unspecified atom stereocenters. The first kappa shape index (κ1) is 11.0. The molecule has 1 aromatic carbocycles. The van der Waals surface area contributed by atoms with Gasteiger partial charge in [0.15, 0.2) is 0 Å². The van der Waals surface area contributed by atoms with E-state index in [9.17, 15) is 9.90 Å². The lowest BCUT2D eigenvalue weighted by Gasteiger charge is -2.17. The van der Waals surface area contributed by atoms with Gasteiger partial charge in [-0.2, -0.15) is 0 Å². The van der Waals surface area contributed by atoms with Gasteiger partial charge in [0.25, 0.3) is 5.91 Å². The third-order valence-corrected chi connectivity index (χ3v) is 3.22. The number of aromatic hydroxyl groups is 1. The predicted octanol–water partition coefficient (Wildman–Crippen LogP) is 2.12. The molecule has 1 saturated carbocycles. The molecule has 1 aromatic rings. The van der Waals surface area contributed by atoms with Gasteiger partial charge in [-0.05, 0) is 36.5 Å². The zero-order valence-electron chi connectivity index (χ0n) is 9.68. The highest BCUT2D eigenvalue weighted by Gasteiger charge is 2.34. The van der Waals surface area contributed by atoms with E-state index in [-0.39, 0.29) is 11.7 Å². The molecule has 1 aliphatic carbocycles. The Kier molecular flexibility index (Phi) is 2.86. The monoisotopic (exact) mass is 219 g/mol. The lowest BCUT2D eigenvalue weighted by atomic mass is 10.2. The quantitative estimate of drug-likeness (QED) is 0.846. The minimum atomic E-state index is -0.0185. The Morgan fingerprint density at radius 1 is 1.56 bits per heavy atom. The smallest absolute Gasteiger partial charge is 0.253 e. The van der Waals surface area contributed by atoms with Crippen molar-refractivity contribution in [1.29, 1.82) is 0 Å². The second kappa shape index (κ2) is 4.16. The van der Waals surface area contributed by atoms with Gasteiger partial charge in [0.2, 0.25) is 0 Å². The summed E-state index contributed by atoms with van der Waals surface area (Å²) in [6, 6.07) is 6.50. The SMILES string of the molecule is CC1CC1CN(C)C(=O)c1cccc(O)c1. The number of nitrogens with zero attached hydrogens (tertiary/aromatic N) is 1. The topological polar surface area (TPSA) is 40.5 Å². The van der Waals surface area contributed by atoms with E-state index in [1.54, 1.807) is 23.1 Å². The van der Waals surface area contributed by atoms with Crippen LogP contribution in [-0.4, -0.2) is 29.5 Å². The van der Waals surface area contributed by atoms with Crippen molar-refractivity contribution in [3.8, 4) is 5.75 Å². The molecule has 0 radical (unpaired) electrons. The van der Waals surface area contributed by atoms with E-state index >= 15 is 0 Å². The number of amides is 1. The number of phenolic OH excluding ortho intramolecular Hbond substituents is 1. The third kappa shape index (κ3) is 2.35. The molecule has 16 heavy (non-hydrogen) atoms. The summed E-state index contributed by atoms with van der Waals surface area (Å²) in [7, 11) is 1.82. The summed E-state index contributed by atoms with van der Waals surface area (Å²) < 4.78 is 0. The van der Waals surface area contributed by atoms with Crippen molar-refractivity contribution in [2.45, 2.75) is 13.3 Å². The molecular weight excluding hydrogens is 202 g/mol. The fourth-order valence-corrected chi connectivity index (χ4v) is 1.95. The summed E-state index contributed by atoms with van der Waals surface area (Å²) in [4.78, 5) is 13.7. The van der Waals surface area contributed by atoms with E-state index in [1.165, 1.54) is 12.5 Å². The number of benzene rings is 1. The second-order valence-corrected chi connectivity index (χ2v) is 4.71. The Hall–Kier alpha value is -1.51. The standard InChI is InChI=1S/C13H17NO2/c1-9-6-11(9)8-14(2)13(16)10-4-3-5-12(15)7-10/h3-5,7,9,11,15H,6,8H2,1-2H3. The molecule has 1 N–H and O–H groups in total. The summed E-state index contributed by atoms with van der Waals surface area (Å²) >= 11 is 0. The number of rotatable bonds is 3. The van der Waals surface area contributed by atoms with Crippen LogP contribution in [0.15, 0.2) is 24.3 Å². The largest absolute Gasteiger partial charge is 0.508 e. The summed E-state index contributed by atoms with van der Waals surface area (Å²) in [5.74, 6) is 1.53. The molecule has 2 rings (SSSR count). The van der Waals surface area contributed by atoms with Gasteiger partial charge in [0.05, 0.1) is 0 Å². The normalized spacial score (nSPS) is 22.9. The molecule has 0 bridgehead atoms. The minimum absolute atomic E-state index is 0.0185. The summed E-state index contributed by atoms with van der Waals surface area (Å²) in [5, 5.41) is 9.31. The van der Waals surface area contributed by atoms with Crippen LogP contribution in [0, 0.1) is 11.8 Å². The summed E-state index contributed by atoms with van der Waals surface area (Å²) in [6.45, 7) is 3.02. The van der Waals surface area contributed by atoms with Crippen LogP contribution in [0.1, 0.15) is 23.7 Å². The van der Waals surface area contributed by atoms with Crippen molar-refractivity contribution < 1.29 is 9.90 Å². The molecule has 0 saturated heterocycles. The average Bonchev–Trinajstić information content (AvgIpc) is 2.93. The molecule has 0 aliphatic heterocycles. The van der Waals surface area contributed by atoms with E-state index in [0.29, 0.717) is 11.5 Å². The maximum absolute atomic E-state index is 12.0. The molecule has 0 aromatic heterocycles. The molecule has 3 heteroatoms. The van der Waals surface area contributed by atoms with Crippen molar-refractivity contribution in [2.24, 2.45) is 11.8 Å². The van der Waals surface area contributed by atoms with Crippen LogP contribution in [0.3, 0.4) is 0 Å². The Bertz CT molecular complexity index is 403. The number of carbonyl (C=O) groups is 1. The van der Waals surface area contributed by atoms with Crippen LogP contribution in [0.2, 0.25) is 0 Å². The van der Waals surface area contributed by atoms with Gasteiger partial charge in [-0.3, -0.25) is 4.79 Å². The first-order valence-corrected chi connectivity index (χ1v) is 5.62. The molecule has 1 aliphatic rings. The van der Waals surface area contributed by atoms with Crippen LogP contribution >= 0.6 is 0 Å². The van der Waals surface area contributed by atoms with Gasteiger partial charge >= 0.3 is 0 Å². The zero-order valence-corrected chi connectivity index (χ0v) is 9.68. The van der Waals surface area contributed by atoms with Gasteiger partial charge in [-0.1, -0.05) is 13.0 Å². The Morgan fingerprint density at radius 3 is 2.81 bits per heavy atom. The van der Waals surface area contributed by atoms with Crippen molar-refractivity contribution in [1.82, 2.24) is 4.90 Å². The lowest BCUT2D eigenvalue weighted by Crippen LogP contribution is -2.28. The summed E-state index contributed by atoms with van der Waals surface area (Å²) in [6.07, 6.45) is 1.22. The minimum Gasteiger partial charge on any atom is -0.508 e. The number of phenols is 1. The fourth-order valence-electron chi connectivity index (χ4n) is 1.95. The van der Waals surface area contributed by atoms with Gasteiger partial charge in [-0.15, -0.1) is 0 Å². The number of carbonyl (C=O) groups excluding carboxylic acids is 1. The van der Waals surface area contributed by atoms with Crippen molar-refractivity contribution in [2.75, 3.05) is 13.6 Å². The van der Waals surface area contributed by atoms with E-state index < -0.39 is 0 Å². The molecule has 1 fully saturated rings. The van der Waals surface area contributed by atoms with Gasteiger partial charge in [0, 0.05) is 19.2 Å². The van der Waals surface area contributed by atoms with E-state index in [2.05, 4.69) is 6.92 Å². The van der Waals surface area contributed by atoms with E-state index in [4.69, 9.17) is 0 Å². The molecule has 0 spiro atoms. The van der Waals surface area contributed by atoms with Gasteiger partial charge in [0.1, 0.15) is 5.75 Å². The lowest BCUT2D eigenvalue weighted by molar-refractivity contribution is 0.0786. The first-order valence-electron chi connectivity index (χ1n) is 5.62. The van der Waals surface area contributed by atoms with Crippen LogP contribution in [-0.2, 0) is 0 Å². The predicted molar refractivity (Wildman–Crippen MR) is 62.3 cm³/mol. The highest BCUT2D eigenvalue weighted by Crippen LogP contribution is 2.38. The Balaban J connectivity index is 2.01. The second-order valence-electron chi connectivity index (χ2n) is 4.71. The fraction of sp³-hybridized carbons (Fsp3) is 0.462. The van der Waals surface area contributed by atoms with Gasteiger partial charge in [-0.25, -0.2) is 0 Å². The van der Waals surface area contributed by atoms with Crippen LogP contribution in [0.5, 0.6) is 5.75 Å². The average molecular weight is 219 g/mol. The van der Waals surface area contributed by atoms with Crippen LogP contribution in [0.25, 0.3) is 0 Å². The van der Waals surface area contributed by atoms with Crippen molar-refractivity contribution >= 4 is 5.91 Å². The van der Waals surface area contributed by atoms with Crippen molar-refractivity contribution in [3.63, 3.8) is 0 Å². The molecular formula is C13H17NO2. The first-order chi connectivity index (χ1) is 7.58. The van der Waals surface area contributed by atoms with Crippen LogP contribution in [0.4, 0.5) is 0 Å². The molecule has 86 valence electrons. The van der Waals surface area contributed by atoms with Crippen LogP contribution < -0.4 is 0 Å². The highest BCUT2D eigenvalue weighted by atomic mass is 16.3. The molecule has 1 amide bonds. The maximum Gasteiger partial charge on any atom is 0.253 e. The number of hydrogen-bond donors (Lipinski definition) is 1. The zero-order chi connectivity index (χ0) is 11.7. The Morgan fingerprint density at radius 2 is 2.25 bits per heavy atom. The van der Waals surface area contributed by atoms with Gasteiger partial charge < -0.3 is 10.0 Å². The summed E-state index contributed by atoms with van der Waals surface area (Å²) in [5.41, 5.74) is 0.552. The van der Waals surface area contributed by atoms with E-state index in [0.717, 1.165) is 12.5 Å². The molecule has 2 atom stereocenters. The van der Waals surface area contributed by atoms with E-state index in [1.807, 2.05) is 7.05 Å². The van der Waals surface area contributed by atoms with Crippen molar-refractivity contribution in [3.05, 3.63) is 29.8 Å². The maximum atomic E-state index is 12.0. The number of hydrogen-bond acceptors (Lipinski definition) is 2. The molecule has 0 heterocycles.